The number of nitrogens with zero attached hydrogens (tertiary/aromatic N) is 1. The fourth-order valence-electron chi connectivity index (χ4n) is 3.58. The van der Waals surface area contributed by atoms with Crippen LogP contribution < -0.4 is 15.0 Å². The van der Waals surface area contributed by atoms with Crippen molar-refractivity contribution in [2.75, 3.05) is 17.3 Å². The third kappa shape index (κ3) is 3.82. The largest absolute Gasteiger partial charge is 0.497 e. The Hall–Kier alpha value is -3.86. The van der Waals surface area contributed by atoms with Crippen molar-refractivity contribution >= 4 is 28.8 Å². The molecule has 0 saturated carbocycles. The van der Waals surface area contributed by atoms with Gasteiger partial charge in [0, 0.05) is 11.8 Å². The van der Waals surface area contributed by atoms with E-state index in [-0.39, 0.29) is 11.6 Å². The maximum Gasteiger partial charge on any atom is 0.282 e. The molecule has 0 unspecified atom stereocenters. The van der Waals surface area contributed by atoms with Gasteiger partial charge in [0.05, 0.1) is 18.4 Å². The lowest BCUT2D eigenvalue weighted by Crippen LogP contribution is -2.32. The molecule has 0 fully saturated rings. The van der Waals surface area contributed by atoms with Crippen molar-refractivity contribution in [1.29, 1.82) is 0 Å². The van der Waals surface area contributed by atoms with Crippen molar-refractivity contribution < 1.29 is 14.3 Å². The number of amides is 2. The lowest BCUT2D eigenvalue weighted by molar-refractivity contribution is -0.120. The fourth-order valence-corrected chi connectivity index (χ4v) is 3.58. The summed E-state index contributed by atoms with van der Waals surface area (Å²) in [5.41, 5.74) is 5.84. The van der Waals surface area contributed by atoms with Crippen LogP contribution in [-0.2, 0) is 9.59 Å². The van der Waals surface area contributed by atoms with Gasteiger partial charge in [-0.3, -0.25) is 9.59 Å². The van der Waals surface area contributed by atoms with Gasteiger partial charge in [0.25, 0.3) is 11.8 Å². The summed E-state index contributed by atoms with van der Waals surface area (Å²) in [6.07, 6.45) is 0. The van der Waals surface area contributed by atoms with Crippen LogP contribution in [0.25, 0.3) is 5.57 Å². The number of carbonyl (C=O) groups excluding carboxylic acids is 2. The van der Waals surface area contributed by atoms with E-state index in [1.165, 1.54) is 4.90 Å². The minimum atomic E-state index is -0.396. The number of rotatable bonds is 5. The van der Waals surface area contributed by atoms with Gasteiger partial charge in [0.2, 0.25) is 0 Å². The predicted molar refractivity (Wildman–Crippen MR) is 123 cm³/mol. The molecule has 3 aromatic carbocycles. The number of carbonyl (C=O) groups is 2. The van der Waals surface area contributed by atoms with Crippen LogP contribution in [0.5, 0.6) is 5.75 Å². The molecule has 3 aromatic rings. The van der Waals surface area contributed by atoms with Crippen LogP contribution >= 0.6 is 0 Å². The molecule has 5 heteroatoms. The number of methoxy groups -OCH3 is 1. The van der Waals surface area contributed by atoms with Gasteiger partial charge in [-0.1, -0.05) is 42.0 Å². The summed E-state index contributed by atoms with van der Waals surface area (Å²) in [7, 11) is 1.55. The summed E-state index contributed by atoms with van der Waals surface area (Å²) in [5, 5.41) is 3.20. The van der Waals surface area contributed by atoms with E-state index in [0.29, 0.717) is 22.6 Å². The van der Waals surface area contributed by atoms with Gasteiger partial charge in [0.15, 0.2) is 0 Å². The Morgan fingerprint density at radius 2 is 1.55 bits per heavy atom. The molecule has 0 atom stereocenters. The average Bonchev–Trinajstić information content (AvgIpc) is 3.01. The molecule has 0 aliphatic carbocycles. The van der Waals surface area contributed by atoms with Gasteiger partial charge in [-0.2, -0.15) is 0 Å². The first-order valence-corrected chi connectivity index (χ1v) is 10.1. The van der Waals surface area contributed by atoms with Gasteiger partial charge < -0.3 is 10.1 Å². The van der Waals surface area contributed by atoms with Crippen molar-refractivity contribution in [1.82, 2.24) is 0 Å². The van der Waals surface area contributed by atoms with Gasteiger partial charge in [-0.15, -0.1) is 0 Å². The highest BCUT2D eigenvalue weighted by Crippen LogP contribution is 2.35. The minimum absolute atomic E-state index is 0.264. The molecule has 1 aliphatic rings. The Morgan fingerprint density at radius 1 is 0.806 bits per heavy atom. The number of aryl methyl sites for hydroxylation is 3. The van der Waals surface area contributed by atoms with E-state index in [1.807, 2.05) is 63.2 Å². The number of ether oxygens (including phenoxy) is 1. The van der Waals surface area contributed by atoms with Crippen LogP contribution in [0.15, 0.2) is 72.4 Å². The Labute approximate surface area is 182 Å². The Balaban J connectivity index is 1.83. The predicted octanol–water partition coefficient (Wildman–Crippen LogP) is 5.02. The first-order valence-electron chi connectivity index (χ1n) is 10.1. The minimum Gasteiger partial charge on any atom is -0.497 e. The van der Waals surface area contributed by atoms with Gasteiger partial charge in [-0.25, -0.2) is 4.90 Å². The summed E-state index contributed by atoms with van der Waals surface area (Å²) in [5.74, 6) is -0.186. The van der Waals surface area contributed by atoms with Crippen LogP contribution in [0.1, 0.15) is 22.3 Å². The maximum atomic E-state index is 13.5. The van der Waals surface area contributed by atoms with Crippen molar-refractivity contribution in [2.24, 2.45) is 0 Å². The number of hydrogen-bond donors (Lipinski definition) is 1. The molecule has 5 nitrogen and oxygen atoms in total. The molecule has 1 aliphatic heterocycles. The van der Waals surface area contributed by atoms with E-state index in [1.54, 1.807) is 31.4 Å². The second kappa shape index (κ2) is 8.11. The molecular formula is C26H24N2O3. The zero-order valence-corrected chi connectivity index (χ0v) is 18.0. The van der Waals surface area contributed by atoms with E-state index in [0.717, 1.165) is 22.4 Å². The molecular weight excluding hydrogens is 388 g/mol. The maximum absolute atomic E-state index is 13.5. The number of hydrogen-bond acceptors (Lipinski definition) is 4. The van der Waals surface area contributed by atoms with Crippen molar-refractivity contribution in [3.8, 4) is 5.75 Å². The third-order valence-corrected chi connectivity index (χ3v) is 5.51. The zero-order chi connectivity index (χ0) is 22.1. The molecule has 1 N–H and O–H groups in total. The fraction of sp³-hybridized carbons (Fsp3) is 0.154. The molecule has 0 radical (unpaired) electrons. The Bertz CT molecular complexity index is 1210. The molecule has 156 valence electrons. The molecule has 2 amide bonds. The molecule has 4 rings (SSSR count). The summed E-state index contributed by atoms with van der Waals surface area (Å²) in [6, 6.07) is 20.4. The topological polar surface area (TPSA) is 58.6 Å². The summed E-state index contributed by atoms with van der Waals surface area (Å²) in [6.45, 7) is 6.01. The molecule has 1 heterocycles. The Kier molecular flexibility index (Phi) is 5.34. The van der Waals surface area contributed by atoms with Crippen molar-refractivity contribution in [3.63, 3.8) is 0 Å². The summed E-state index contributed by atoms with van der Waals surface area (Å²) < 4.78 is 5.28. The van der Waals surface area contributed by atoms with E-state index >= 15 is 0 Å². The average molecular weight is 412 g/mol. The smallest absolute Gasteiger partial charge is 0.282 e. The first-order chi connectivity index (χ1) is 14.9. The van der Waals surface area contributed by atoms with Crippen molar-refractivity contribution in [3.05, 3.63) is 94.7 Å². The molecule has 0 saturated heterocycles. The second-order valence-electron chi connectivity index (χ2n) is 7.69. The number of anilines is 2. The van der Waals surface area contributed by atoms with E-state index in [4.69, 9.17) is 4.74 Å². The van der Waals surface area contributed by atoms with Gasteiger partial charge in [0.1, 0.15) is 11.4 Å². The van der Waals surface area contributed by atoms with Crippen LogP contribution in [-0.4, -0.2) is 18.9 Å². The SMILES string of the molecule is COc1cccc(N2C(=O)C(Nc3ccc(C)cc3)=C(c3ccc(C)c(C)c3)C2=O)c1. The monoisotopic (exact) mass is 412 g/mol. The lowest BCUT2D eigenvalue weighted by Gasteiger charge is -2.16. The number of imide groups is 1. The highest BCUT2D eigenvalue weighted by Gasteiger charge is 2.40. The molecule has 31 heavy (non-hydrogen) atoms. The van der Waals surface area contributed by atoms with Gasteiger partial charge in [-0.05, 0) is 61.7 Å². The standard InChI is InChI=1S/C26H24N2O3/c1-16-8-12-20(13-9-16)27-24-23(19-11-10-17(2)18(3)14-19)25(29)28(26(24)30)21-6-5-7-22(15-21)31-4/h5-15,27H,1-4H3. The van der Waals surface area contributed by atoms with E-state index < -0.39 is 5.91 Å². The Morgan fingerprint density at radius 3 is 2.23 bits per heavy atom. The molecule has 0 aromatic heterocycles. The number of nitrogens with one attached hydrogen (secondary N) is 1. The normalized spacial score (nSPS) is 13.7. The molecule has 0 spiro atoms. The van der Waals surface area contributed by atoms with Crippen molar-refractivity contribution in [2.45, 2.75) is 20.8 Å². The molecule has 0 bridgehead atoms. The summed E-state index contributed by atoms with van der Waals surface area (Å²) in [4.78, 5) is 28.2. The zero-order valence-electron chi connectivity index (χ0n) is 18.0. The second-order valence-corrected chi connectivity index (χ2v) is 7.69. The number of benzene rings is 3. The summed E-state index contributed by atoms with van der Waals surface area (Å²) >= 11 is 0. The van der Waals surface area contributed by atoms with Crippen LogP contribution in [0.4, 0.5) is 11.4 Å². The first kappa shape index (κ1) is 20.4. The highest BCUT2D eigenvalue weighted by molar-refractivity contribution is 6.46. The van der Waals surface area contributed by atoms with E-state index in [9.17, 15) is 9.59 Å². The van der Waals surface area contributed by atoms with Crippen LogP contribution in [0, 0.1) is 20.8 Å². The third-order valence-electron chi connectivity index (χ3n) is 5.51. The highest BCUT2D eigenvalue weighted by atomic mass is 16.5. The van der Waals surface area contributed by atoms with Crippen LogP contribution in [0.3, 0.4) is 0 Å². The lowest BCUT2D eigenvalue weighted by atomic mass is 9.99. The van der Waals surface area contributed by atoms with Crippen LogP contribution in [0.2, 0.25) is 0 Å². The quantitative estimate of drug-likeness (QED) is 0.598. The van der Waals surface area contributed by atoms with Gasteiger partial charge >= 0.3 is 0 Å². The van der Waals surface area contributed by atoms with E-state index in [2.05, 4.69) is 5.32 Å².